The first kappa shape index (κ1) is 15.9. The zero-order valence-electron chi connectivity index (χ0n) is 11.2. The molecule has 1 N–H and O–H groups in total. The zero-order chi connectivity index (χ0) is 13.7. The molecular weight excluding hydrogens is 304 g/mol. The lowest BCUT2D eigenvalue weighted by Gasteiger charge is -2.32. The third-order valence-electron chi connectivity index (χ3n) is 3.21. The number of nitrogens with one attached hydrogen (secondary N) is 1. The zero-order valence-corrected chi connectivity index (χ0v) is 13.7. The molecule has 2 heterocycles. The van der Waals surface area contributed by atoms with Gasteiger partial charge < -0.3 is 10.1 Å². The van der Waals surface area contributed by atoms with Crippen LogP contribution < -0.4 is 5.32 Å². The lowest BCUT2D eigenvalue weighted by atomic mass is 10.3. The fraction of sp³-hybridized carbons (Fsp3) is 1.00. The second kappa shape index (κ2) is 7.51. The van der Waals surface area contributed by atoms with Crippen LogP contribution in [0.15, 0.2) is 0 Å². The first-order valence-corrected chi connectivity index (χ1v) is 10.7. The summed E-state index contributed by atoms with van der Waals surface area (Å²) >= 11 is 3.97. The van der Waals surface area contributed by atoms with Gasteiger partial charge in [-0.3, -0.25) is 0 Å². The van der Waals surface area contributed by atoms with E-state index in [9.17, 15) is 8.42 Å². The number of hydrogen-bond donors (Lipinski definition) is 1. The highest BCUT2D eigenvalue weighted by Crippen LogP contribution is 2.16. The maximum Gasteiger partial charge on any atom is 0.211 e. The number of rotatable bonds is 4. The van der Waals surface area contributed by atoms with Crippen LogP contribution in [0.4, 0.5) is 0 Å². The Morgan fingerprint density at radius 1 is 1.32 bits per heavy atom. The number of nitrogens with zero attached hydrogens (tertiary/aromatic N) is 1. The van der Waals surface area contributed by atoms with Gasteiger partial charge in [-0.2, -0.15) is 27.8 Å². The number of morpholine rings is 1. The van der Waals surface area contributed by atoms with E-state index in [1.807, 2.05) is 23.5 Å². The quantitative estimate of drug-likeness (QED) is 0.790. The molecule has 0 bridgehead atoms. The lowest BCUT2D eigenvalue weighted by Crippen LogP contribution is -2.50. The smallest absolute Gasteiger partial charge is 0.211 e. The molecule has 1 unspecified atom stereocenters. The van der Waals surface area contributed by atoms with E-state index in [0.717, 1.165) is 18.1 Å². The second-order valence-electron chi connectivity index (χ2n) is 4.87. The Labute approximate surface area is 124 Å². The summed E-state index contributed by atoms with van der Waals surface area (Å²) in [6.45, 7) is 2.18. The van der Waals surface area contributed by atoms with Crippen molar-refractivity contribution in [2.45, 2.75) is 12.1 Å². The van der Waals surface area contributed by atoms with Gasteiger partial charge in [0.2, 0.25) is 10.0 Å². The highest BCUT2D eigenvalue weighted by atomic mass is 32.2. The van der Waals surface area contributed by atoms with Gasteiger partial charge >= 0.3 is 0 Å². The molecule has 1 atom stereocenters. The van der Waals surface area contributed by atoms with Gasteiger partial charge in [0.1, 0.15) is 0 Å². The fourth-order valence-corrected chi connectivity index (χ4v) is 5.46. The largest absolute Gasteiger partial charge is 0.374 e. The van der Waals surface area contributed by atoms with Crippen LogP contribution in [0.1, 0.15) is 0 Å². The van der Waals surface area contributed by atoms with Crippen LogP contribution in [0.3, 0.4) is 0 Å². The van der Waals surface area contributed by atoms with E-state index in [4.69, 9.17) is 4.74 Å². The Morgan fingerprint density at radius 3 is 2.63 bits per heavy atom. The molecular formula is C11H22N2O3S3. The van der Waals surface area contributed by atoms with E-state index in [1.165, 1.54) is 22.1 Å². The van der Waals surface area contributed by atoms with Crippen LogP contribution in [0, 0.1) is 0 Å². The third kappa shape index (κ3) is 5.43. The standard InChI is InChI=1S/C11H22N2O3S3/c1-19(14,15)13-2-3-16-11(7-13)6-12-10-8-17-4-5-18-9-10/h10-12H,2-9H2,1H3. The Morgan fingerprint density at radius 2 is 2.00 bits per heavy atom. The van der Waals surface area contributed by atoms with Crippen molar-refractivity contribution in [3.63, 3.8) is 0 Å². The minimum absolute atomic E-state index is 0.0262. The summed E-state index contributed by atoms with van der Waals surface area (Å²) in [4.78, 5) is 0. The Balaban J connectivity index is 1.76. The topological polar surface area (TPSA) is 58.6 Å². The number of hydrogen-bond acceptors (Lipinski definition) is 6. The number of thioether (sulfide) groups is 2. The molecule has 2 saturated heterocycles. The first-order chi connectivity index (χ1) is 9.05. The summed E-state index contributed by atoms with van der Waals surface area (Å²) in [5, 5.41) is 3.52. The molecule has 0 saturated carbocycles. The molecule has 0 radical (unpaired) electrons. The Kier molecular flexibility index (Phi) is 6.29. The van der Waals surface area contributed by atoms with Crippen molar-refractivity contribution in [2.75, 3.05) is 55.5 Å². The molecule has 0 aromatic rings. The molecule has 2 rings (SSSR count). The van der Waals surface area contributed by atoms with Crippen molar-refractivity contribution >= 4 is 33.5 Å². The van der Waals surface area contributed by atoms with Crippen LogP contribution >= 0.6 is 23.5 Å². The Hall–Kier alpha value is 0.530. The molecule has 8 heteroatoms. The molecule has 112 valence electrons. The van der Waals surface area contributed by atoms with E-state index in [-0.39, 0.29) is 6.10 Å². The van der Waals surface area contributed by atoms with Crippen molar-refractivity contribution in [1.29, 1.82) is 0 Å². The SMILES string of the molecule is CS(=O)(=O)N1CCOC(CNC2CSCCSC2)C1. The minimum Gasteiger partial charge on any atom is -0.374 e. The highest BCUT2D eigenvalue weighted by molar-refractivity contribution is 8.03. The number of sulfonamides is 1. The van der Waals surface area contributed by atoms with Crippen LogP contribution in [-0.4, -0.2) is 80.4 Å². The molecule has 0 aliphatic carbocycles. The summed E-state index contributed by atoms with van der Waals surface area (Å²) < 4.78 is 30.2. The minimum atomic E-state index is -3.09. The van der Waals surface area contributed by atoms with Gasteiger partial charge in [0.15, 0.2) is 0 Å². The van der Waals surface area contributed by atoms with Crippen molar-refractivity contribution < 1.29 is 13.2 Å². The average molecular weight is 327 g/mol. The van der Waals surface area contributed by atoms with Gasteiger partial charge in [-0.05, 0) is 0 Å². The Bertz CT molecular complexity index is 369. The van der Waals surface area contributed by atoms with E-state index in [1.54, 1.807) is 0 Å². The summed E-state index contributed by atoms with van der Waals surface area (Å²) in [5.74, 6) is 4.72. The third-order valence-corrected chi connectivity index (χ3v) is 7.00. The van der Waals surface area contributed by atoms with Crippen molar-refractivity contribution in [1.82, 2.24) is 9.62 Å². The average Bonchev–Trinajstić information content (AvgIpc) is 2.64. The van der Waals surface area contributed by atoms with Gasteiger partial charge in [-0.15, -0.1) is 0 Å². The van der Waals surface area contributed by atoms with Crippen LogP contribution in [-0.2, 0) is 14.8 Å². The van der Waals surface area contributed by atoms with E-state index in [2.05, 4.69) is 5.32 Å². The first-order valence-electron chi connectivity index (χ1n) is 6.51. The molecule has 0 amide bonds. The number of ether oxygens (including phenoxy) is 1. The highest BCUT2D eigenvalue weighted by Gasteiger charge is 2.26. The summed E-state index contributed by atoms with van der Waals surface area (Å²) in [7, 11) is -3.09. The van der Waals surface area contributed by atoms with E-state index in [0.29, 0.717) is 25.7 Å². The van der Waals surface area contributed by atoms with Crippen molar-refractivity contribution in [3.8, 4) is 0 Å². The van der Waals surface area contributed by atoms with Gasteiger partial charge in [0.25, 0.3) is 0 Å². The maximum absolute atomic E-state index is 11.5. The molecule has 19 heavy (non-hydrogen) atoms. The lowest BCUT2D eigenvalue weighted by molar-refractivity contribution is -0.000696. The van der Waals surface area contributed by atoms with Gasteiger partial charge in [-0.25, -0.2) is 8.42 Å². The molecule has 0 aromatic carbocycles. The monoisotopic (exact) mass is 326 g/mol. The van der Waals surface area contributed by atoms with Gasteiger partial charge in [0.05, 0.1) is 19.0 Å². The summed E-state index contributed by atoms with van der Waals surface area (Å²) in [6, 6.07) is 0.509. The summed E-state index contributed by atoms with van der Waals surface area (Å²) in [6.07, 6.45) is 1.24. The van der Waals surface area contributed by atoms with E-state index >= 15 is 0 Å². The molecule has 5 nitrogen and oxygen atoms in total. The maximum atomic E-state index is 11.5. The fourth-order valence-electron chi connectivity index (χ4n) is 2.15. The molecule has 0 spiro atoms. The van der Waals surface area contributed by atoms with Crippen LogP contribution in [0.2, 0.25) is 0 Å². The van der Waals surface area contributed by atoms with Crippen molar-refractivity contribution in [3.05, 3.63) is 0 Å². The molecule has 2 fully saturated rings. The summed E-state index contributed by atoms with van der Waals surface area (Å²) in [5.41, 5.74) is 0. The molecule has 0 aromatic heterocycles. The van der Waals surface area contributed by atoms with Gasteiger partial charge in [0, 0.05) is 48.7 Å². The molecule has 2 aliphatic rings. The van der Waals surface area contributed by atoms with Crippen LogP contribution in [0.25, 0.3) is 0 Å². The van der Waals surface area contributed by atoms with Gasteiger partial charge in [-0.1, -0.05) is 0 Å². The predicted octanol–water partition coefficient (Wildman–Crippen LogP) is 0.0850. The normalized spacial score (nSPS) is 28.2. The van der Waals surface area contributed by atoms with E-state index < -0.39 is 10.0 Å². The van der Waals surface area contributed by atoms with Crippen LogP contribution in [0.5, 0.6) is 0 Å². The predicted molar refractivity (Wildman–Crippen MR) is 82.6 cm³/mol. The molecule has 2 aliphatic heterocycles. The second-order valence-corrected chi connectivity index (χ2v) is 9.15. The van der Waals surface area contributed by atoms with Crippen molar-refractivity contribution in [2.24, 2.45) is 0 Å².